The molecular weight excluding hydrogens is 395 g/mol. The summed E-state index contributed by atoms with van der Waals surface area (Å²) in [6.07, 6.45) is -4.46. The lowest BCUT2D eigenvalue weighted by atomic mass is 10.2. The second-order valence-corrected chi connectivity index (χ2v) is 7.39. The predicted molar refractivity (Wildman–Crippen MR) is 97.6 cm³/mol. The van der Waals surface area contributed by atoms with Gasteiger partial charge in [0.2, 0.25) is 10.0 Å². The van der Waals surface area contributed by atoms with Gasteiger partial charge in [-0.15, -0.1) is 0 Å². The van der Waals surface area contributed by atoms with Gasteiger partial charge in [-0.3, -0.25) is 0 Å². The average molecular weight is 413 g/mol. The van der Waals surface area contributed by atoms with Crippen LogP contribution in [0.4, 0.5) is 13.2 Å². The summed E-state index contributed by atoms with van der Waals surface area (Å²) in [7, 11) is -2.25. The van der Waals surface area contributed by atoms with Gasteiger partial charge in [0.1, 0.15) is 18.1 Å². The van der Waals surface area contributed by atoms with Crippen LogP contribution in [0.5, 0.6) is 11.5 Å². The maximum Gasteiger partial charge on any atom is 0.416 e. The molecule has 0 aliphatic rings. The number of ether oxygens (including phenoxy) is 2. The number of benzene rings is 2. The Bertz CT molecular complexity index is 992. The van der Waals surface area contributed by atoms with E-state index in [1.807, 2.05) is 0 Å². The maximum atomic E-state index is 12.6. The smallest absolute Gasteiger partial charge is 0.416 e. The van der Waals surface area contributed by atoms with Crippen molar-refractivity contribution in [3.8, 4) is 23.3 Å². The van der Waals surface area contributed by atoms with Gasteiger partial charge in [0.25, 0.3) is 0 Å². The second-order valence-electron chi connectivity index (χ2n) is 5.62. The van der Waals surface area contributed by atoms with Crippen LogP contribution >= 0.6 is 0 Å². The monoisotopic (exact) mass is 413 g/mol. The normalized spacial score (nSPS) is 11.5. The molecule has 2 aromatic rings. The molecule has 2 aromatic carbocycles. The van der Waals surface area contributed by atoms with Crippen molar-refractivity contribution in [2.24, 2.45) is 0 Å². The Kier molecular flexibility index (Phi) is 6.94. The van der Waals surface area contributed by atoms with Crippen molar-refractivity contribution in [2.45, 2.75) is 18.0 Å². The molecule has 0 saturated heterocycles. The SMILES string of the molecule is COc1ccc(S(=O)(=O)NCC#CCOc2cccc(C(F)(F)F)c2)cc1C. The van der Waals surface area contributed by atoms with E-state index in [9.17, 15) is 21.6 Å². The van der Waals surface area contributed by atoms with Crippen LogP contribution in [-0.4, -0.2) is 28.7 Å². The minimum absolute atomic E-state index is 0.0263. The highest BCUT2D eigenvalue weighted by molar-refractivity contribution is 7.89. The molecule has 150 valence electrons. The number of hydrogen-bond acceptors (Lipinski definition) is 4. The summed E-state index contributed by atoms with van der Waals surface area (Å²) in [5, 5.41) is 0. The Morgan fingerprint density at radius 3 is 2.50 bits per heavy atom. The van der Waals surface area contributed by atoms with E-state index in [-0.39, 0.29) is 23.8 Å². The molecule has 0 aliphatic carbocycles. The van der Waals surface area contributed by atoms with E-state index >= 15 is 0 Å². The van der Waals surface area contributed by atoms with Crippen molar-refractivity contribution >= 4 is 10.0 Å². The largest absolute Gasteiger partial charge is 0.496 e. The third-order valence-corrected chi connectivity index (χ3v) is 5.02. The van der Waals surface area contributed by atoms with Gasteiger partial charge in [0.15, 0.2) is 0 Å². The van der Waals surface area contributed by atoms with Gasteiger partial charge in [-0.05, 0) is 48.9 Å². The second kappa shape index (κ2) is 8.99. The van der Waals surface area contributed by atoms with E-state index in [1.54, 1.807) is 13.0 Å². The van der Waals surface area contributed by atoms with Crippen molar-refractivity contribution in [1.29, 1.82) is 0 Å². The topological polar surface area (TPSA) is 64.6 Å². The van der Waals surface area contributed by atoms with Gasteiger partial charge >= 0.3 is 6.18 Å². The number of hydrogen-bond donors (Lipinski definition) is 1. The molecule has 5 nitrogen and oxygen atoms in total. The van der Waals surface area contributed by atoms with E-state index in [0.29, 0.717) is 11.3 Å². The van der Waals surface area contributed by atoms with E-state index in [2.05, 4.69) is 16.6 Å². The number of aryl methyl sites for hydroxylation is 1. The highest BCUT2D eigenvalue weighted by Crippen LogP contribution is 2.31. The lowest BCUT2D eigenvalue weighted by Crippen LogP contribution is -2.24. The molecule has 0 aliphatic heterocycles. The minimum Gasteiger partial charge on any atom is -0.496 e. The fraction of sp³-hybridized carbons (Fsp3) is 0.263. The minimum atomic E-state index is -4.46. The quantitative estimate of drug-likeness (QED) is 0.738. The zero-order valence-electron chi connectivity index (χ0n) is 15.1. The Labute approximate surface area is 161 Å². The van der Waals surface area contributed by atoms with Crippen LogP contribution in [0.25, 0.3) is 0 Å². The van der Waals surface area contributed by atoms with Crippen molar-refractivity contribution < 1.29 is 31.1 Å². The predicted octanol–water partition coefficient (Wildman–Crippen LogP) is 3.38. The average Bonchev–Trinajstić information content (AvgIpc) is 2.64. The van der Waals surface area contributed by atoms with Crippen LogP contribution in [-0.2, 0) is 16.2 Å². The van der Waals surface area contributed by atoms with Crippen molar-refractivity contribution in [3.63, 3.8) is 0 Å². The first kappa shape index (κ1) is 21.6. The van der Waals surface area contributed by atoms with Gasteiger partial charge in [-0.25, -0.2) is 8.42 Å². The number of alkyl halides is 3. The van der Waals surface area contributed by atoms with Crippen LogP contribution < -0.4 is 14.2 Å². The van der Waals surface area contributed by atoms with Gasteiger partial charge in [-0.2, -0.15) is 17.9 Å². The molecule has 9 heteroatoms. The molecule has 0 bridgehead atoms. The lowest BCUT2D eigenvalue weighted by Gasteiger charge is -2.08. The van der Waals surface area contributed by atoms with Crippen LogP contribution in [0.2, 0.25) is 0 Å². The van der Waals surface area contributed by atoms with Gasteiger partial charge in [-0.1, -0.05) is 17.9 Å². The standard InChI is InChI=1S/C19H18F3NO4S/c1-14-12-17(8-9-18(14)26-2)28(24,25)23-10-3-4-11-27-16-7-5-6-15(13-16)19(20,21)22/h5-9,12-13,23H,10-11H2,1-2H3. The van der Waals surface area contributed by atoms with Crippen LogP contribution in [0.1, 0.15) is 11.1 Å². The molecule has 0 amide bonds. The number of methoxy groups -OCH3 is 1. The van der Waals surface area contributed by atoms with E-state index < -0.39 is 21.8 Å². The fourth-order valence-corrected chi connectivity index (χ4v) is 3.24. The fourth-order valence-electron chi connectivity index (χ4n) is 2.23. The number of halogens is 3. The molecule has 0 atom stereocenters. The summed E-state index contributed by atoms with van der Waals surface area (Å²) >= 11 is 0. The highest BCUT2D eigenvalue weighted by atomic mass is 32.2. The number of rotatable bonds is 6. The van der Waals surface area contributed by atoms with Crippen molar-refractivity contribution in [3.05, 3.63) is 53.6 Å². The molecule has 0 spiro atoms. The summed E-state index contributed by atoms with van der Waals surface area (Å²) in [6, 6.07) is 8.87. The molecule has 2 rings (SSSR count). The molecular formula is C19H18F3NO4S. The first-order chi connectivity index (χ1) is 13.1. The summed E-state index contributed by atoms with van der Waals surface area (Å²) in [5.74, 6) is 5.70. The molecule has 1 N–H and O–H groups in total. The highest BCUT2D eigenvalue weighted by Gasteiger charge is 2.30. The molecule has 0 radical (unpaired) electrons. The molecule has 0 saturated carbocycles. The lowest BCUT2D eigenvalue weighted by molar-refractivity contribution is -0.137. The first-order valence-electron chi connectivity index (χ1n) is 8.03. The molecule has 0 aromatic heterocycles. The van der Waals surface area contributed by atoms with Gasteiger partial charge < -0.3 is 9.47 Å². The Morgan fingerprint density at radius 1 is 1.11 bits per heavy atom. The molecule has 0 heterocycles. The summed E-state index contributed by atoms with van der Waals surface area (Å²) in [6.45, 7) is 1.38. The Morgan fingerprint density at radius 2 is 1.86 bits per heavy atom. The van der Waals surface area contributed by atoms with E-state index in [0.717, 1.165) is 12.1 Å². The van der Waals surface area contributed by atoms with Crippen LogP contribution in [0.3, 0.4) is 0 Å². The maximum absolute atomic E-state index is 12.6. The zero-order chi connectivity index (χ0) is 20.8. The van der Waals surface area contributed by atoms with Crippen molar-refractivity contribution in [1.82, 2.24) is 4.72 Å². The Hall–Kier alpha value is -2.70. The molecule has 0 fully saturated rings. The van der Waals surface area contributed by atoms with Gasteiger partial charge in [0.05, 0.1) is 24.1 Å². The van der Waals surface area contributed by atoms with Gasteiger partial charge in [0, 0.05) is 0 Å². The number of sulfonamides is 1. The third-order valence-electron chi connectivity index (χ3n) is 3.62. The Balaban J connectivity index is 1.89. The van der Waals surface area contributed by atoms with E-state index in [4.69, 9.17) is 9.47 Å². The third kappa shape index (κ3) is 5.90. The number of nitrogens with one attached hydrogen (secondary N) is 1. The molecule has 28 heavy (non-hydrogen) atoms. The molecule has 0 unspecified atom stereocenters. The van der Waals surface area contributed by atoms with Crippen molar-refractivity contribution in [2.75, 3.05) is 20.3 Å². The summed E-state index contributed by atoms with van der Waals surface area (Å²) < 4.78 is 74.8. The zero-order valence-corrected chi connectivity index (χ0v) is 15.9. The van der Waals surface area contributed by atoms with Crippen LogP contribution in [0, 0.1) is 18.8 Å². The summed E-state index contributed by atoms with van der Waals surface area (Å²) in [5.41, 5.74) is -0.147. The van der Waals surface area contributed by atoms with Crippen LogP contribution in [0.15, 0.2) is 47.4 Å². The first-order valence-corrected chi connectivity index (χ1v) is 9.52. The van der Waals surface area contributed by atoms with E-state index in [1.165, 1.54) is 31.4 Å². The summed E-state index contributed by atoms with van der Waals surface area (Å²) in [4.78, 5) is 0.0767.